The Hall–Kier alpha value is -1.92. The van der Waals surface area contributed by atoms with Crippen molar-refractivity contribution in [3.8, 4) is 0 Å². The van der Waals surface area contributed by atoms with E-state index in [1.807, 2.05) is 24.5 Å². The van der Waals surface area contributed by atoms with E-state index in [1.165, 1.54) is 18.5 Å². The molecule has 0 spiro atoms. The summed E-state index contributed by atoms with van der Waals surface area (Å²) >= 11 is 0. The Morgan fingerprint density at radius 3 is 2.92 bits per heavy atom. The van der Waals surface area contributed by atoms with E-state index in [4.69, 9.17) is 0 Å². The van der Waals surface area contributed by atoms with Crippen LogP contribution >= 0.6 is 0 Å². The molecule has 1 fully saturated rings. The van der Waals surface area contributed by atoms with Gasteiger partial charge in [-0.05, 0) is 25.0 Å². The van der Waals surface area contributed by atoms with Crippen molar-refractivity contribution in [1.29, 1.82) is 0 Å². The summed E-state index contributed by atoms with van der Waals surface area (Å²) in [4.78, 5) is 6.94. The number of piperidine rings is 1. The maximum atomic E-state index is 4.43. The number of hydrogen-bond donors (Lipinski definition) is 2. The number of nitrogens with zero attached hydrogens (tertiary/aromatic N) is 4. The molecule has 2 aromatic rings. The zero-order valence-corrected chi connectivity index (χ0v) is 14.1. The van der Waals surface area contributed by atoms with Gasteiger partial charge in [0.25, 0.3) is 0 Å². The highest BCUT2D eigenvalue weighted by Crippen LogP contribution is 2.17. The van der Waals surface area contributed by atoms with E-state index in [0.29, 0.717) is 12.0 Å². The molecule has 4 heterocycles. The van der Waals surface area contributed by atoms with Gasteiger partial charge in [-0.1, -0.05) is 6.07 Å². The largest absolute Gasteiger partial charge is 0.370 e. The molecule has 2 aliphatic heterocycles. The van der Waals surface area contributed by atoms with Crippen molar-refractivity contribution < 1.29 is 0 Å². The van der Waals surface area contributed by atoms with Gasteiger partial charge in [-0.15, -0.1) is 0 Å². The second-order valence-electron chi connectivity index (χ2n) is 6.93. The van der Waals surface area contributed by atoms with Gasteiger partial charge in [0.1, 0.15) is 5.82 Å². The van der Waals surface area contributed by atoms with Crippen LogP contribution in [0.15, 0.2) is 36.7 Å². The topological polar surface area (TPSA) is 58.0 Å². The van der Waals surface area contributed by atoms with Crippen molar-refractivity contribution in [2.24, 2.45) is 5.92 Å². The minimum Gasteiger partial charge on any atom is -0.370 e. The highest BCUT2D eigenvalue weighted by atomic mass is 15.3. The predicted octanol–water partition coefficient (Wildman–Crippen LogP) is 1.57. The van der Waals surface area contributed by atoms with Crippen LogP contribution in [0.5, 0.6) is 0 Å². The van der Waals surface area contributed by atoms with Crippen LogP contribution in [0.4, 0.5) is 5.82 Å². The third-order valence-corrected chi connectivity index (χ3v) is 5.11. The fourth-order valence-electron chi connectivity index (χ4n) is 3.67. The van der Waals surface area contributed by atoms with Gasteiger partial charge in [0.15, 0.2) is 0 Å². The van der Waals surface area contributed by atoms with Crippen LogP contribution in [0.2, 0.25) is 0 Å². The van der Waals surface area contributed by atoms with Crippen molar-refractivity contribution in [3.05, 3.63) is 42.4 Å². The standard InChI is InChI=1S/C18H26N6/c1-2-7-19-17(3-1)14-23-9-5-16(6-10-23)20-11-15-12-21-18-4-8-22-24(18)13-15/h1-4,7-8,15-16,20-21H,5-6,9-14H2/t15-/m0/s1. The van der Waals surface area contributed by atoms with Crippen LogP contribution in [0.3, 0.4) is 0 Å². The molecule has 1 saturated heterocycles. The first-order chi connectivity index (χ1) is 11.9. The van der Waals surface area contributed by atoms with Crippen molar-refractivity contribution in [2.75, 3.05) is 31.5 Å². The number of anilines is 1. The number of likely N-dealkylation sites (tertiary alicyclic amines) is 1. The zero-order valence-electron chi connectivity index (χ0n) is 14.1. The molecule has 6 heteroatoms. The van der Waals surface area contributed by atoms with Crippen LogP contribution in [0.25, 0.3) is 0 Å². The van der Waals surface area contributed by atoms with Gasteiger partial charge in [0, 0.05) is 63.5 Å². The molecular weight excluding hydrogens is 300 g/mol. The Labute approximate surface area is 143 Å². The van der Waals surface area contributed by atoms with Crippen LogP contribution in [-0.4, -0.2) is 51.9 Å². The molecule has 0 unspecified atom stereocenters. The number of aromatic nitrogens is 3. The smallest absolute Gasteiger partial charge is 0.124 e. The Balaban J connectivity index is 1.19. The summed E-state index contributed by atoms with van der Waals surface area (Å²) in [5.74, 6) is 1.76. The van der Waals surface area contributed by atoms with E-state index in [-0.39, 0.29) is 0 Å². The maximum Gasteiger partial charge on any atom is 0.124 e. The fourth-order valence-corrected chi connectivity index (χ4v) is 3.67. The molecule has 0 aliphatic carbocycles. The Bertz CT molecular complexity index is 632. The summed E-state index contributed by atoms with van der Waals surface area (Å²) in [7, 11) is 0. The number of nitrogens with one attached hydrogen (secondary N) is 2. The molecule has 1 atom stereocenters. The Kier molecular flexibility index (Phi) is 4.76. The first-order valence-electron chi connectivity index (χ1n) is 8.98. The third-order valence-electron chi connectivity index (χ3n) is 5.11. The minimum absolute atomic E-state index is 0.615. The minimum atomic E-state index is 0.615. The van der Waals surface area contributed by atoms with Crippen LogP contribution in [0, 0.1) is 5.92 Å². The molecule has 2 N–H and O–H groups in total. The summed E-state index contributed by atoms with van der Waals surface area (Å²) in [5, 5.41) is 11.6. The van der Waals surface area contributed by atoms with Gasteiger partial charge in [-0.2, -0.15) is 5.10 Å². The summed E-state index contributed by atoms with van der Waals surface area (Å²) < 4.78 is 2.07. The van der Waals surface area contributed by atoms with Gasteiger partial charge in [-0.3, -0.25) is 9.88 Å². The van der Waals surface area contributed by atoms with E-state index < -0.39 is 0 Å². The zero-order chi connectivity index (χ0) is 16.2. The highest BCUT2D eigenvalue weighted by molar-refractivity contribution is 5.35. The quantitative estimate of drug-likeness (QED) is 0.873. The summed E-state index contributed by atoms with van der Waals surface area (Å²) in [6.45, 7) is 6.40. The monoisotopic (exact) mass is 326 g/mol. The van der Waals surface area contributed by atoms with Crippen LogP contribution in [0.1, 0.15) is 18.5 Å². The first-order valence-corrected chi connectivity index (χ1v) is 8.98. The Morgan fingerprint density at radius 1 is 1.17 bits per heavy atom. The highest BCUT2D eigenvalue weighted by Gasteiger charge is 2.22. The summed E-state index contributed by atoms with van der Waals surface area (Å²) in [5.41, 5.74) is 1.17. The molecule has 0 aromatic carbocycles. The Morgan fingerprint density at radius 2 is 2.08 bits per heavy atom. The van der Waals surface area contributed by atoms with Crippen LogP contribution < -0.4 is 10.6 Å². The van der Waals surface area contributed by atoms with Gasteiger partial charge in [0.2, 0.25) is 0 Å². The SMILES string of the molecule is c1ccc(CN2CCC(NC[C@H]3CNc4ccnn4C3)CC2)nc1. The van der Waals surface area contributed by atoms with E-state index in [0.717, 1.165) is 45.1 Å². The second kappa shape index (κ2) is 7.32. The summed E-state index contributed by atoms with van der Waals surface area (Å²) in [6, 6.07) is 8.85. The first kappa shape index (κ1) is 15.6. The van der Waals surface area contributed by atoms with Crippen molar-refractivity contribution >= 4 is 5.82 Å². The van der Waals surface area contributed by atoms with E-state index in [2.05, 4.69) is 42.4 Å². The van der Waals surface area contributed by atoms with Gasteiger partial charge < -0.3 is 10.6 Å². The van der Waals surface area contributed by atoms with Crippen molar-refractivity contribution in [1.82, 2.24) is 25.0 Å². The molecular formula is C18H26N6. The lowest BCUT2D eigenvalue weighted by molar-refractivity contribution is 0.185. The van der Waals surface area contributed by atoms with Crippen molar-refractivity contribution in [3.63, 3.8) is 0 Å². The molecule has 6 nitrogen and oxygen atoms in total. The molecule has 0 bridgehead atoms. The van der Waals surface area contributed by atoms with E-state index >= 15 is 0 Å². The predicted molar refractivity (Wildman–Crippen MR) is 94.7 cm³/mol. The number of hydrogen-bond acceptors (Lipinski definition) is 5. The molecule has 4 rings (SSSR count). The lowest BCUT2D eigenvalue weighted by Gasteiger charge is -2.33. The molecule has 128 valence electrons. The average Bonchev–Trinajstić information content (AvgIpc) is 3.10. The third kappa shape index (κ3) is 3.76. The number of pyridine rings is 1. The number of fused-ring (bicyclic) bond motifs is 1. The second-order valence-corrected chi connectivity index (χ2v) is 6.93. The molecule has 2 aliphatic rings. The van der Waals surface area contributed by atoms with Gasteiger partial charge >= 0.3 is 0 Å². The summed E-state index contributed by atoms with van der Waals surface area (Å²) in [6.07, 6.45) is 6.20. The molecule has 0 radical (unpaired) electrons. The lowest BCUT2D eigenvalue weighted by atomic mass is 10.0. The molecule has 2 aromatic heterocycles. The van der Waals surface area contributed by atoms with E-state index in [9.17, 15) is 0 Å². The number of rotatable bonds is 5. The molecule has 0 amide bonds. The van der Waals surface area contributed by atoms with E-state index in [1.54, 1.807) is 0 Å². The van der Waals surface area contributed by atoms with Crippen molar-refractivity contribution in [2.45, 2.75) is 32.0 Å². The molecule has 0 saturated carbocycles. The van der Waals surface area contributed by atoms with Crippen LogP contribution in [-0.2, 0) is 13.1 Å². The average molecular weight is 326 g/mol. The normalized spacial score (nSPS) is 22.1. The fraction of sp³-hybridized carbons (Fsp3) is 0.556. The van der Waals surface area contributed by atoms with Gasteiger partial charge in [0.05, 0.1) is 11.9 Å². The molecule has 24 heavy (non-hydrogen) atoms. The lowest BCUT2D eigenvalue weighted by Crippen LogP contribution is -2.45. The van der Waals surface area contributed by atoms with Gasteiger partial charge in [-0.25, -0.2) is 4.68 Å². The maximum absolute atomic E-state index is 4.43.